The summed E-state index contributed by atoms with van der Waals surface area (Å²) in [7, 11) is 0. The zero-order chi connectivity index (χ0) is 19.9. The molecule has 4 rings (SSSR count). The Labute approximate surface area is 177 Å². The number of carbonyl (C=O) groups is 1. The summed E-state index contributed by atoms with van der Waals surface area (Å²) in [6.45, 7) is 7.88. The second-order valence-electron chi connectivity index (χ2n) is 8.16. The average molecular weight is 414 g/mol. The van der Waals surface area contributed by atoms with E-state index < -0.39 is 0 Å². The molecule has 0 bridgehead atoms. The predicted octanol–water partition coefficient (Wildman–Crippen LogP) is 3.18. The maximum absolute atomic E-state index is 12.8. The maximum Gasteiger partial charge on any atom is 0.236 e. The van der Waals surface area contributed by atoms with E-state index in [-0.39, 0.29) is 5.91 Å². The van der Waals surface area contributed by atoms with Crippen LogP contribution in [0.1, 0.15) is 18.4 Å². The molecule has 0 aliphatic carbocycles. The lowest BCUT2D eigenvalue weighted by atomic mass is 9.99. The van der Waals surface area contributed by atoms with Gasteiger partial charge in [-0.2, -0.15) is 11.3 Å². The molecule has 2 aliphatic rings. The zero-order valence-electron chi connectivity index (χ0n) is 17.0. The third kappa shape index (κ3) is 6.04. The van der Waals surface area contributed by atoms with Crippen molar-refractivity contribution >= 4 is 17.2 Å². The van der Waals surface area contributed by atoms with Crippen molar-refractivity contribution in [2.24, 2.45) is 5.92 Å². The number of piperidine rings is 1. The molecule has 1 amide bonds. The first kappa shape index (κ1) is 20.4. The molecule has 0 spiro atoms. The van der Waals surface area contributed by atoms with Crippen LogP contribution in [-0.4, -0.2) is 73.0 Å². The van der Waals surface area contributed by atoms with Crippen LogP contribution >= 0.6 is 11.3 Å². The van der Waals surface area contributed by atoms with Gasteiger partial charge in [0.1, 0.15) is 5.75 Å². The highest BCUT2D eigenvalue weighted by Gasteiger charge is 2.26. The number of amides is 1. The molecule has 0 saturated carbocycles. The smallest absolute Gasteiger partial charge is 0.236 e. The molecule has 2 aliphatic heterocycles. The first-order valence-corrected chi connectivity index (χ1v) is 11.6. The van der Waals surface area contributed by atoms with Gasteiger partial charge in [-0.05, 0) is 53.9 Å². The Bertz CT molecular complexity index is 745. The minimum Gasteiger partial charge on any atom is -0.493 e. The number of hydrogen-bond donors (Lipinski definition) is 0. The van der Waals surface area contributed by atoms with Gasteiger partial charge in [0.2, 0.25) is 5.91 Å². The van der Waals surface area contributed by atoms with Gasteiger partial charge in [-0.25, -0.2) is 0 Å². The Balaban J connectivity index is 1.18. The Hall–Kier alpha value is -1.89. The van der Waals surface area contributed by atoms with Crippen molar-refractivity contribution in [3.63, 3.8) is 0 Å². The highest BCUT2D eigenvalue weighted by molar-refractivity contribution is 7.07. The molecule has 5 nitrogen and oxygen atoms in total. The zero-order valence-corrected chi connectivity index (χ0v) is 17.9. The number of carbonyl (C=O) groups excluding carboxylic acids is 1. The van der Waals surface area contributed by atoms with Crippen LogP contribution in [0.3, 0.4) is 0 Å². The SMILES string of the molecule is O=C(CN1CCCC(COc2ccccc2)C1)N1CCN(Cc2ccsc2)CC1. The van der Waals surface area contributed by atoms with Crippen LogP contribution in [0.15, 0.2) is 47.2 Å². The number of piperazine rings is 1. The molecule has 1 unspecified atom stereocenters. The van der Waals surface area contributed by atoms with E-state index in [2.05, 4.69) is 26.6 Å². The van der Waals surface area contributed by atoms with Gasteiger partial charge in [0.05, 0.1) is 13.2 Å². The van der Waals surface area contributed by atoms with Crippen LogP contribution in [0.5, 0.6) is 5.75 Å². The van der Waals surface area contributed by atoms with Gasteiger partial charge in [0.15, 0.2) is 0 Å². The molecule has 1 aromatic heterocycles. The quantitative estimate of drug-likeness (QED) is 0.699. The number of thiophene rings is 1. The summed E-state index contributed by atoms with van der Waals surface area (Å²) in [4.78, 5) is 19.6. The Kier molecular flexibility index (Phi) is 7.19. The van der Waals surface area contributed by atoms with Gasteiger partial charge in [-0.1, -0.05) is 18.2 Å². The monoisotopic (exact) mass is 413 g/mol. The molecule has 156 valence electrons. The van der Waals surface area contributed by atoms with Crippen molar-refractivity contribution in [1.29, 1.82) is 0 Å². The van der Waals surface area contributed by atoms with Gasteiger partial charge in [-0.15, -0.1) is 0 Å². The molecule has 2 fully saturated rings. The van der Waals surface area contributed by atoms with Crippen molar-refractivity contribution in [1.82, 2.24) is 14.7 Å². The summed E-state index contributed by atoms with van der Waals surface area (Å²) in [5.74, 6) is 1.71. The molecule has 0 radical (unpaired) electrons. The summed E-state index contributed by atoms with van der Waals surface area (Å²) in [6, 6.07) is 12.2. The summed E-state index contributed by atoms with van der Waals surface area (Å²) < 4.78 is 5.94. The van der Waals surface area contributed by atoms with E-state index in [9.17, 15) is 4.79 Å². The molecule has 2 saturated heterocycles. The van der Waals surface area contributed by atoms with Crippen molar-refractivity contribution in [3.05, 3.63) is 52.7 Å². The van der Waals surface area contributed by atoms with Crippen molar-refractivity contribution in [2.75, 3.05) is 52.4 Å². The van der Waals surface area contributed by atoms with Crippen molar-refractivity contribution in [3.8, 4) is 5.75 Å². The fourth-order valence-electron chi connectivity index (χ4n) is 4.25. The summed E-state index contributed by atoms with van der Waals surface area (Å²) >= 11 is 1.75. The molecule has 1 atom stereocenters. The van der Waals surface area contributed by atoms with Crippen LogP contribution < -0.4 is 4.74 Å². The molecule has 2 aromatic rings. The molecule has 6 heteroatoms. The van der Waals surface area contributed by atoms with Gasteiger partial charge in [0, 0.05) is 45.2 Å². The van der Waals surface area contributed by atoms with E-state index in [1.807, 2.05) is 35.2 Å². The van der Waals surface area contributed by atoms with E-state index >= 15 is 0 Å². The van der Waals surface area contributed by atoms with Crippen molar-refractivity contribution in [2.45, 2.75) is 19.4 Å². The minimum absolute atomic E-state index is 0.282. The van der Waals surface area contributed by atoms with E-state index in [0.29, 0.717) is 12.5 Å². The topological polar surface area (TPSA) is 36.0 Å². The van der Waals surface area contributed by atoms with Crippen molar-refractivity contribution < 1.29 is 9.53 Å². The number of rotatable bonds is 7. The van der Waals surface area contributed by atoms with Crippen LogP contribution in [-0.2, 0) is 11.3 Å². The predicted molar refractivity (Wildman–Crippen MR) is 117 cm³/mol. The van der Waals surface area contributed by atoms with Crippen LogP contribution in [0.2, 0.25) is 0 Å². The largest absolute Gasteiger partial charge is 0.493 e. The standard InChI is InChI=1S/C23H31N3O2S/c27-23(26-12-10-24(11-13-26)16-21-8-14-29-19-21)17-25-9-4-5-20(15-25)18-28-22-6-2-1-3-7-22/h1-3,6-8,14,19-20H,4-5,9-13,15-18H2. The van der Waals surface area contributed by atoms with E-state index in [0.717, 1.165) is 64.6 Å². The second kappa shape index (κ2) is 10.2. The normalized spacial score (nSPS) is 21.2. The number of ether oxygens (including phenoxy) is 1. The van der Waals surface area contributed by atoms with Crippen LogP contribution in [0.4, 0.5) is 0 Å². The maximum atomic E-state index is 12.8. The van der Waals surface area contributed by atoms with Gasteiger partial charge >= 0.3 is 0 Å². The van der Waals surface area contributed by atoms with Crippen LogP contribution in [0, 0.1) is 5.92 Å². The Morgan fingerprint density at radius 3 is 2.62 bits per heavy atom. The van der Waals surface area contributed by atoms with E-state index in [1.165, 1.54) is 12.0 Å². The summed E-state index contributed by atoms with van der Waals surface area (Å²) in [5, 5.41) is 4.34. The Morgan fingerprint density at radius 1 is 1.03 bits per heavy atom. The third-order valence-electron chi connectivity index (χ3n) is 5.90. The molecular weight excluding hydrogens is 382 g/mol. The number of para-hydroxylation sites is 1. The lowest BCUT2D eigenvalue weighted by Gasteiger charge is -2.37. The highest BCUT2D eigenvalue weighted by atomic mass is 32.1. The molecule has 1 aromatic carbocycles. The van der Waals surface area contributed by atoms with Gasteiger partial charge in [0.25, 0.3) is 0 Å². The average Bonchev–Trinajstić information content (AvgIpc) is 3.27. The minimum atomic E-state index is 0.282. The molecular formula is C23H31N3O2S. The van der Waals surface area contributed by atoms with Gasteiger partial charge in [-0.3, -0.25) is 14.6 Å². The lowest BCUT2D eigenvalue weighted by molar-refractivity contribution is -0.134. The van der Waals surface area contributed by atoms with E-state index in [1.54, 1.807) is 11.3 Å². The number of benzene rings is 1. The summed E-state index contributed by atoms with van der Waals surface area (Å²) in [6.07, 6.45) is 2.32. The first-order chi connectivity index (χ1) is 14.3. The molecule has 3 heterocycles. The molecule has 0 N–H and O–H groups in total. The van der Waals surface area contributed by atoms with Crippen LogP contribution in [0.25, 0.3) is 0 Å². The fourth-order valence-corrected chi connectivity index (χ4v) is 4.91. The highest BCUT2D eigenvalue weighted by Crippen LogP contribution is 2.19. The second-order valence-corrected chi connectivity index (χ2v) is 8.94. The lowest BCUT2D eigenvalue weighted by Crippen LogP contribution is -2.52. The first-order valence-electron chi connectivity index (χ1n) is 10.7. The fraction of sp³-hybridized carbons (Fsp3) is 0.522. The number of likely N-dealkylation sites (tertiary alicyclic amines) is 1. The third-order valence-corrected chi connectivity index (χ3v) is 6.63. The number of hydrogen-bond acceptors (Lipinski definition) is 5. The Morgan fingerprint density at radius 2 is 1.86 bits per heavy atom. The summed E-state index contributed by atoms with van der Waals surface area (Å²) in [5.41, 5.74) is 1.38. The number of nitrogens with zero attached hydrogens (tertiary/aromatic N) is 3. The van der Waals surface area contributed by atoms with Gasteiger partial charge < -0.3 is 9.64 Å². The van der Waals surface area contributed by atoms with E-state index in [4.69, 9.17) is 4.74 Å². The molecule has 29 heavy (non-hydrogen) atoms.